The average Bonchev–Trinajstić information content (AvgIpc) is 4.08. The molecule has 70 heavy (non-hydrogen) atoms. The predicted octanol–water partition coefficient (Wildman–Crippen LogP) is 14.0. The van der Waals surface area contributed by atoms with E-state index in [-0.39, 0.29) is 0 Å². The van der Waals surface area contributed by atoms with Gasteiger partial charge in [-0.2, -0.15) is 0 Å². The van der Waals surface area contributed by atoms with Crippen molar-refractivity contribution in [2.24, 2.45) is 0 Å². The molecule has 0 unspecified atom stereocenters. The van der Waals surface area contributed by atoms with Crippen LogP contribution in [0.5, 0.6) is 0 Å². The normalized spacial score (nSPS) is 12.0. The van der Waals surface area contributed by atoms with Gasteiger partial charge in [0.2, 0.25) is 0 Å². The van der Waals surface area contributed by atoms with Gasteiger partial charge in [-0.15, -0.1) is 0 Å². The third-order valence-electron chi connectivity index (χ3n) is 14.8. The van der Waals surface area contributed by atoms with E-state index in [4.69, 9.17) is 0 Å². The zero-order chi connectivity index (χ0) is 46.2. The van der Waals surface area contributed by atoms with E-state index in [0.717, 1.165) is 17.1 Å². The summed E-state index contributed by atoms with van der Waals surface area (Å²) in [6, 6.07) is 102. The lowest BCUT2D eigenvalue weighted by atomic mass is 10.0. The first-order valence-corrected chi connectivity index (χ1v) is 26.2. The molecule has 0 N–H and O–H groups in total. The van der Waals surface area contributed by atoms with Crippen LogP contribution in [0.3, 0.4) is 0 Å². The van der Waals surface area contributed by atoms with E-state index in [1.165, 1.54) is 97.3 Å². The molecule has 4 heteroatoms. The van der Waals surface area contributed by atoms with Crippen LogP contribution in [0.15, 0.2) is 273 Å². The second-order valence-corrected chi connectivity index (χ2v) is 22.2. The summed E-state index contributed by atoms with van der Waals surface area (Å²) in [5.74, 6) is 0. The summed E-state index contributed by atoms with van der Waals surface area (Å²) in [4.78, 5) is 0. The third-order valence-corrected chi connectivity index (χ3v) is 19.5. The van der Waals surface area contributed by atoms with Crippen LogP contribution < -0.4 is 20.7 Å². The van der Waals surface area contributed by atoms with Crippen LogP contribution in [0.25, 0.3) is 93.6 Å². The number of para-hydroxylation sites is 5. The van der Waals surface area contributed by atoms with Crippen LogP contribution in [0.4, 0.5) is 0 Å². The summed E-state index contributed by atoms with van der Waals surface area (Å²) >= 11 is 0. The Morgan fingerprint density at radius 2 is 0.657 bits per heavy atom. The second kappa shape index (κ2) is 16.1. The molecule has 0 spiro atoms. The molecule has 14 aromatic rings. The molecule has 3 nitrogen and oxygen atoms in total. The number of rotatable bonds is 8. The molecule has 0 saturated carbocycles. The van der Waals surface area contributed by atoms with Crippen molar-refractivity contribution in [2.45, 2.75) is 0 Å². The minimum atomic E-state index is -3.18. The molecule has 0 aliphatic rings. The maximum Gasteiger partial charge on any atom is 0.181 e. The van der Waals surface area contributed by atoms with Crippen molar-refractivity contribution in [1.29, 1.82) is 0 Å². The van der Waals surface area contributed by atoms with Gasteiger partial charge in [0.05, 0.1) is 38.8 Å². The van der Waals surface area contributed by atoms with E-state index in [0.29, 0.717) is 0 Å². The molecule has 328 valence electrons. The van der Waals surface area contributed by atoms with Gasteiger partial charge in [-0.05, 0) is 87.0 Å². The molecule has 0 saturated heterocycles. The van der Waals surface area contributed by atoms with Crippen molar-refractivity contribution in [2.75, 3.05) is 0 Å². The van der Waals surface area contributed by atoms with Crippen molar-refractivity contribution >= 4 is 94.2 Å². The molecule has 11 aromatic carbocycles. The first-order valence-electron chi connectivity index (χ1n) is 24.2. The Bertz CT molecular complexity index is 4130. The fourth-order valence-corrected chi connectivity index (χ4v) is 16.9. The average molecular weight is 908 g/mol. The Hall–Kier alpha value is -8.96. The molecular formula is C66H45N3Si. The van der Waals surface area contributed by atoms with Crippen LogP contribution in [-0.4, -0.2) is 21.8 Å². The minimum absolute atomic E-state index is 1.13. The topological polar surface area (TPSA) is 14.8 Å². The van der Waals surface area contributed by atoms with Gasteiger partial charge < -0.3 is 13.7 Å². The Kier molecular flexibility index (Phi) is 9.23. The van der Waals surface area contributed by atoms with E-state index >= 15 is 0 Å². The Balaban J connectivity index is 1.15. The standard InChI is InChI=1S/C66H45N3Si/c1-5-23-46(24-6-1)52-31-13-18-36-59(52)69-63-40-22-16-34-55(63)57-43-47(41-42-64(57)69)68-62-39-21-17-35-56(62)58-44-48(67-60-37-19-14-32-53(60)54-33-15-20-38-61(54)67)45-65(66(58)68)70(49-25-7-2-8-26-49,50-27-9-3-10-28-50)51-29-11-4-12-30-51/h1-45H. The molecule has 0 atom stereocenters. The van der Waals surface area contributed by atoms with Crippen molar-refractivity contribution in [3.63, 3.8) is 0 Å². The highest BCUT2D eigenvalue weighted by Gasteiger charge is 2.44. The molecule has 0 aliphatic carbocycles. The number of fused-ring (bicyclic) bond motifs is 9. The van der Waals surface area contributed by atoms with Crippen LogP contribution in [0, 0.1) is 0 Å². The van der Waals surface area contributed by atoms with Crippen LogP contribution in [0.1, 0.15) is 0 Å². The van der Waals surface area contributed by atoms with Crippen molar-refractivity contribution < 1.29 is 0 Å². The number of nitrogens with zero attached hydrogens (tertiary/aromatic N) is 3. The molecule has 0 radical (unpaired) electrons. The van der Waals surface area contributed by atoms with E-state index < -0.39 is 8.07 Å². The van der Waals surface area contributed by atoms with Gasteiger partial charge in [-0.25, -0.2) is 0 Å². The maximum absolute atomic E-state index is 3.18. The largest absolute Gasteiger partial charge is 0.309 e. The molecule has 0 bridgehead atoms. The lowest BCUT2D eigenvalue weighted by molar-refractivity contribution is 1.16. The lowest BCUT2D eigenvalue weighted by Gasteiger charge is -2.35. The summed E-state index contributed by atoms with van der Waals surface area (Å²) in [6.45, 7) is 0. The third kappa shape index (κ3) is 5.94. The Morgan fingerprint density at radius 3 is 1.21 bits per heavy atom. The first-order chi connectivity index (χ1) is 34.8. The highest BCUT2D eigenvalue weighted by Crippen LogP contribution is 2.41. The fourth-order valence-electron chi connectivity index (χ4n) is 11.9. The second-order valence-electron chi connectivity index (χ2n) is 18.4. The molecular weight excluding hydrogens is 863 g/mol. The van der Waals surface area contributed by atoms with Gasteiger partial charge in [0.25, 0.3) is 0 Å². The van der Waals surface area contributed by atoms with Crippen LogP contribution >= 0.6 is 0 Å². The van der Waals surface area contributed by atoms with Crippen molar-refractivity contribution in [1.82, 2.24) is 13.7 Å². The van der Waals surface area contributed by atoms with E-state index in [1.807, 2.05) is 0 Å². The summed E-state index contributed by atoms with van der Waals surface area (Å²) in [5.41, 5.74) is 13.0. The van der Waals surface area contributed by atoms with Crippen molar-refractivity contribution in [3.05, 3.63) is 273 Å². The van der Waals surface area contributed by atoms with Gasteiger partial charge in [-0.1, -0.05) is 212 Å². The molecule has 0 fully saturated rings. The number of hydrogen-bond donors (Lipinski definition) is 0. The molecule has 14 rings (SSSR count). The fraction of sp³-hybridized carbons (Fsp3) is 0. The van der Waals surface area contributed by atoms with Gasteiger partial charge in [0.1, 0.15) is 0 Å². The van der Waals surface area contributed by atoms with E-state index in [2.05, 4.69) is 287 Å². The number of benzene rings is 11. The Morgan fingerprint density at radius 1 is 0.257 bits per heavy atom. The predicted molar refractivity (Wildman–Crippen MR) is 299 cm³/mol. The lowest BCUT2D eigenvalue weighted by Crippen LogP contribution is -2.75. The van der Waals surface area contributed by atoms with Gasteiger partial charge in [-0.3, -0.25) is 0 Å². The zero-order valence-electron chi connectivity index (χ0n) is 38.3. The molecule has 0 aliphatic heterocycles. The maximum atomic E-state index is 2.59. The zero-order valence-corrected chi connectivity index (χ0v) is 39.3. The summed E-state index contributed by atoms with van der Waals surface area (Å²) in [5, 5.41) is 12.7. The molecule has 3 aromatic heterocycles. The monoisotopic (exact) mass is 907 g/mol. The summed E-state index contributed by atoms with van der Waals surface area (Å²) in [6.07, 6.45) is 0. The quantitative estimate of drug-likeness (QED) is 0.107. The van der Waals surface area contributed by atoms with Gasteiger partial charge in [0.15, 0.2) is 8.07 Å². The van der Waals surface area contributed by atoms with Gasteiger partial charge in [0, 0.05) is 49.3 Å². The van der Waals surface area contributed by atoms with Gasteiger partial charge >= 0.3 is 0 Å². The molecule has 0 amide bonds. The van der Waals surface area contributed by atoms with Crippen molar-refractivity contribution in [3.8, 4) is 28.2 Å². The van der Waals surface area contributed by atoms with E-state index in [9.17, 15) is 0 Å². The first kappa shape index (κ1) is 40.1. The Labute approximate surface area is 407 Å². The van der Waals surface area contributed by atoms with Crippen LogP contribution in [-0.2, 0) is 0 Å². The summed E-state index contributed by atoms with van der Waals surface area (Å²) in [7, 11) is -3.18. The highest BCUT2D eigenvalue weighted by atomic mass is 28.3. The smallest absolute Gasteiger partial charge is 0.181 e. The van der Waals surface area contributed by atoms with E-state index in [1.54, 1.807) is 0 Å². The molecule has 3 heterocycles. The minimum Gasteiger partial charge on any atom is -0.309 e. The number of hydrogen-bond acceptors (Lipinski definition) is 0. The number of aromatic nitrogens is 3. The SMILES string of the molecule is c1ccc(-c2ccccc2-n2c3ccccc3c3cc(-n4c5ccccc5c5cc(-n6c7ccccc7c7ccccc76)cc([Si](c6ccccc6)(c6ccccc6)c6ccccc6)c54)ccc32)cc1. The highest BCUT2D eigenvalue weighted by molar-refractivity contribution is 7.20. The van der Waals surface area contributed by atoms with Crippen LogP contribution in [0.2, 0.25) is 0 Å². The summed E-state index contributed by atoms with van der Waals surface area (Å²) < 4.78 is 7.56.